The summed E-state index contributed by atoms with van der Waals surface area (Å²) in [6.45, 7) is 0. The van der Waals surface area contributed by atoms with Crippen LogP contribution in [0.5, 0.6) is 0 Å². The highest BCUT2D eigenvalue weighted by Crippen LogP contribution is 2.44. The van der Waals surface area contributed by atoms with E-state index in [1.54, 1.807) is 0 Å². The third-order valence-corrected chi connectivity index (χ3v) is 11.7. The molecule has 6 nitrogen and oxygen atoms in total. The molecule has 59 heavy (non-hydrogen) atoms. The van der Waals surface area contributed by atoms with Crippen molar-refractivity contribution in [2.45, 2.75) is 0 Å². The van der Waals surface area contributed by atoms with Gasteiger partial charge in [0.2, 0.25) is 0 Å². The van der Waals surface area contributed by atoms with E-state index in [-0.39, 0.29) is 0 Å². The average Bonchev–Trinajstić information content (AvgIpc) is 3.98. The summed E-state index contributed by atoms with van der Waals surface area (Å²) in [7, 11) is 0. The second-order valence-electron chi connectivity index (χ2n) is 15.1. The molecule has 4 aromatic heterocycles. The Hall–Kier alpha value is -8.09. The first-order valence-corrected chi connectivity index (χ1v) is 19.7. The molecule has 4 heterocycles. The summed E-state index contributed by atoms with van der Waals surface area (Å²) in [5.74, 6) is 1.68. The first-order valence-electron chi connectivity index (χ1n) is 19.7. The fourth-order valence-corrected chi connectivity index (χ4v) is 8.89. The molecule has 0 aliphatic carbocycles. The van der Waals surface area contributed by atoms with Crippen molar-refractivity contribution in [3.8, 4) is 45.3 Å². The summed E-state index contributed by atoms with van der Waals surface area (Å²) in [6.07, 6.45) is 0. The minimum Gasteiger partial charge on any atom is -0.456 e. The lowest BCUT2D eigenvalue weighted by molar-refractivity contribution is 0.668. The molecule has 0 unspecified atom stereocenters. The van der Waals surface area contributed by atoms with E-state index in [2.05, 4.69) is 121 Å². The molecule has 0 amide bonds. The van der Waals surface area contributed by atoms with Gasteiger partial charge in [-0.2, -0.15) is 0 Å². The summed E-state index contributed by atoms with van der Waals surface area (Å²) in [6, 6.07) is 60.5. The number of rotatable bonds is 4. The number of benzene rings is 9. The summed E-state index contributed by atoms with van der Waals surface area (Å²) in [5, 5.41) is 10.6. The highest BCUT2D eigenvalue weighted by Gasteiger charge is 2.22. The van der Waals surface area contributed by atoms with Gasteiger partial charge in [-0.05, 0) is 99.4 Å². The van der Waals surface area contributed by atoms with Crippen LogP contribution in [0.4, 0.5) is 0 Å². The molecule has 0 atom stereocenters. The maximum atomic E-state index is 6.67. The Kier molecular flexibility index (Phi) is 6.63. The first kappa shape index (κ1) is 32.0. The minimum atomic E-state index is 0.545. The quantitative estimate of drug-likeness (QED) is 0.178. The largest absolute Gasteiger partial charge is 0.456 e. The van der Waals surface area contributed by atoms with Gasteiger partial charge in [0.15, 0.2) is 17.5 Å². The molecule has 0 aliphatic heterocycles. The van der Waals surface area contributed by atoms with Crippen LogP contribution in [0.3, 0.4) is 0 Å². The van der Waals surface area contributed by atoms with Crippen LogP contribution in [-0.4, -0.2) is 15.0 Å². The Bertz CT molecular complexity index is 3870. The molecule has 0 fully saturated rings. The van der Waals surface area contributed by atoms with Crippen molar-refractivity contribution in [2.24, 2.45) is 0 Å². The third-order valence-electron chi connectivity index (χ3n) is 11.7. The molecule has 0 radical (unpaired) electrons. The van der Waals surface area contributed by atoms with Gasteiger partial charge >= 0.3 is 0 Å². The first-order chi connectivity index (χ1) is 29.2. The predicted molar refractivity (Wildman–Crippen MR) is 238 cm³/mol. The number of hydrogen-bond acceptors (Lipinski definition) is 6. The highest BCUT2D eigenvalue weighted by atomic mass is 16.3. The molecular formula is C53H29N3O3. The van der Waals surface area contributed by atoms with Gasteiger partial charge in [-0.25, -0.2) is 15.0 Å². The fourth-order valence-electron chi connectivity index (χ4n) is 8.89. The van der Waals surface area contributed by atoms with Gasteiger partial charge in [-0.3, -0.25) is 0 Å². The van der Waals surface area contributed by atoms with Gasteiger partial charge in [0.05, 0.1) is 0 Å². The van der Waals surface area contributed by atoms with Gasteiger partial charge in [-0.15, -0.1) is 0 Å². The van der Waals surface area contributed by atoms with Crippen molar-refractivity contribution < 1.29 is 13.3 Å². The van der Waals surface area contributed by atoms with Crippen LogP contribution >= 0.6 is 0 Å². The lowest BCUT2D eigenvalue weighted by Crippen LogP contribution is -2.01. The van der Waals surface area contributed by atoms with Crippen LogP contribution < -0.4 is 0 Å². The van der Waals surface area contributed by atoms with E-state index >= 15 is 0 Å². The van der Waals surface area contributed by atoms with Crippen LogP contribution in [0.15, 0.2) is 189 Å². The topological polar surface area (TPSA) is 78.1 Å². The van der Waals surface area contributed by atoms with Crippen molar-refractivity contribution in [3.05, 3.63) is 176 Å². The number of fused-ring (bicyclic) bond motifs is 11. The summed E-state index contributed by atoms with van der Waals surface area (Å²) in [4.78, 5) is 15.8. The lowest BCUT2D eigenvalue weighted by Gasteiger charge is -2.12. The second-order valence-corrected chi connectivity index (χ2v) is 15.1. The standard InChI is InChI=1S/C53H29N3O3/c1-2-11-31-24-34(21-20-30(31)10-1)51-54-52(35-22-23-45-40(26-35)38-14-5-7-17-43(38)57-45)56-53(55-51)42-27-36(29-48-50(42)39-15-6-8-18-44(39)58-48)37-16-9-19-46-49(37)41-25-32-12-3-4-13-33(32)28-47(41)59-46/h1-29H. The molecule has 0 saturated carbocycles. The molecule has 0 saturated heterocycles. The van der Waals surface area contributed by atoms with E-state index in [0.29, 0.717) is 17.5 Å². The summed E-state index contributed by atoms with van der Waals surface area (Å²) >= 11 is 0. The van der Waals surface area contributed by atoms with Crippen LogP contribution in [0, 0.1) is 0 Å². The molecule has 0 bridgehead atoms. The van der Waals surface area contributed by atoms with Gasteiger partial charge in [-0.1, -0.05) is 109 Å². The van der Waals surface area contributed by atoms with Crippen LogP contribution in [-0.2, 0) is 0 Å². The lowest BCUT2D eigenvalue weighted by atomic mass is 9.94. The maximum absolute atomic E-state index is 6.67. The summed E-state index contributed by atoms with van der Waals surface area (Å²) < 4.78 is 19.4. The Balaban J connectivity index is 1.10. The number of aromatic nitrogens is 3. The SMILES string of the molecule is c1ccc2cc(-c3nc(-c4ccc5oc6ccccc6c5c4)nc(-c4cc(-c5cccc6oc7cc8ccccc8cc7c56)cc5oc6ccccc6c45)n3)ccc2c1. The Morgan fingerprint density at radius 2 is 0.847 bits per heavy atom. The second kappa shape index (κ2) is 12.2. The van der Waals surface area contributed by atoms with Crippen LogP contribution in [0.2, 0.25) is 0 Å². The average molecular weight is 756 g/mol. The van der Waals surface area contributed by atoms with E-state index in [1.807, 2.05) is 54.6 Å². The smallest absolute Gasteiger partial charge is 0.164 e. The zero-order valence-electron chi connectivity index (χ0n) is 31.3. The molecule has 13 rings (SSSR count). The van der Waals surface area contributed by atoms with E-state index < -0.39 is 0 Å². The predicted octanol–water partition coefficient (Wildman–Crippen LogP) is 14.5. The molecule has 13 aromatic rings. The Labute approximate surface area is 335 Å². The molecular weight excluding hydrogens is 727 g/mol. The van der Waals surface area contributed by atoms with Crippen LogP contribution in [0.1, 0.15) is 0 Å². The highest BCUT2D eigenvalue weighted by molar-refractivity contribution is 6.18. The normalized spacial score (nSPS) is 12.1. The van der Waals surface area contributed by atoms with E-state index in [9.17, 15) is 0 Å². The van der Waals surface area contributed by atoms with E-state index in [0.717, 1.165) is 115 Å². The molecule has 0 spiro atoms. The zero-order chi connectivity index (χ0) is 38.6. The molecule has 274 valence electrons. The molecule has 6 heteroatoms. The number of para-hydroxylation sites is 2. The van der Waals surface area contributed by atoms with E-state index in [4.69, 9.17) is 28.2 Å². The zero-order valence-corrected chi connectivity index (χ0v) is 31.3. The number of nitrogens with zero attached hydrogens (tertiary/aromatic N) is 3. The van der Waals surface area contributed by atoms with Crippen molar-refractivity contribution >= 4 is 87.4 Å². The van der Waals surface area contributed by atoms with Crippen LogP contribution in [0.25, 0.3) is 133 Å². The fraction of sp³-hybridized carbons (Fsp3) is 0. The molecule has 0 aliphatic rings. The van der Waals surface area contributed by atoms with Gasteiger partial charge in [0.25, 0.3) is 0 Å². The van der Waals surface area contributed by atoms with E-state index in [1.165, 1.54) is 0 Å². The van der Waals surface area contributed by atoms with Gasteiger partial charge in [0.1, 0.15) is 33.5 Å². The number of hydrogen-bond donors (Lipinski definition) is 0. The van der Waals surface area contributed by atoms with Gasteiger partial charge < -0.3 is 13.3 Å². The Morgan fingerprint density at radius 3 is 1.68 bits per heavy atom. The van der Waals surface area contributed by atoms with Crippen molar-refractivity contribution in [1.29, 1.82) is 0 Å². The van der Waals surface area contributed by atoms with Crippen molar-refractivity contribution in [3.63, 3.8) is 0 Å². The van der Waals surface area contributed by atoms with Crippen molar-refractivity contribution in [1.82, 2.24) is 15.0 Å². The Morgan fingerprint density at radius 1 is 0.271 bits per heavy atom. The molecule has 9 aromatic carbocycles. The monoisotopic (exact) mass is 755 g/mol. The van der Waals surface area contributed by atoms with Gasteiger partial charge in [0, 0.05) is 49.0 Å². The maximum Gasteiger partial charge on any atom is 0.164 e. The van der Waals surface area contributed by atoms with Crippen molar-refractivity contribution in [2.75, 3.05) is 0 Å². The molecule has 0 N–H and O–H groups in total. The minimum absolute atomic E-state index is 0.545. The third kappa shape index (κ3) is 4.96. The number of furan rings is 3. The summed E-state index contributed by atoms with van der Waals surface area (Å²) in [5.41, 5.74) is 9.46.